The monoisotopic (exact) mass is 293 g/mol. The number of nitrogens with zero attached hydrogens (tertiary/aromatic N) is 4. The Bertz CT molecular complexity index is 552. The zero-order valence-electron chi connectivity index (χ0n) is 11.9. The molecule has 0 saturated heterocycles. The minimum absolute atomic E-state index is 0.433. The SMILES string of the molecule is CSC[C@@](C)(O)CNc1ccc(-n2ccc(C)n2)nn1. The van der Waals surface area contributed by atoms with Gasteiger partial charge in [-0.25, -0.2) is 4.68 Å². The molecule has 6 nitrogen and oxygen atoms in total. The van der Waals surface area contributed by atoms with Crippen molar-refractivity contribution in [2.24, 2.45) is 0 Å². The van der Waals surface area contributed by atoms with E-state index >= 15 is 0 Å². The molecule has 2 aromatic heterocycles. The summed E-state index contributed by atoms with van der Waals surface area (Å²) in [5, 5.41) is 25.6. The fraction of sp³-hybridized carbons (Fsp3) is 0.462. The van der Waals surface area contributed by atoms with E-state index in [0.717, 1.165) is 5.69 Å². The first-order valence-corrected chi connectivity index (χ1v) is 7.71. The van der Waals surface area contributed by atoms with Crippen molar-refractivity contribution >= 4 is 17.6 Å². The second-order valence-corrected chi connectivity index (χ2v) is 5.83. The molecule has 0 saturated carbocycles. The van der Waals surface area contributed by atoms with E-state index in [2.05, 4.69) is 20.6 Å². The number of hydrogen-bond donors (Lipinski definition) is 2. The Morgan fingerprint density at radius 3 is 2.70 bits per heavy atom. The van der Waals surface area contributed by atoms with Crippen LogP contribution in [0, 0.1) is 6.92 Å². The Balaban J connectivity index is 1.98. The van der Waals surface area contributed by atoms with Crippen LogP contribution in [0.15, 0.2) is 24.4 Å². The molecule has 1 atom stereocenters. The van der Waals surface area contributed by atoms with Crippen LogP contribution >= 0.6 is 11.8 Å². The maximum Gasteiger partial charge on any atom is 0.175 e. The van der Waals surface area contributed by atoms with Crippen LogP contribution in [0.25, 0.3) is 5.82 Å². The van der Waals surface area contributed by atoms with Crippen molar-refractivity contribution in [2.75, 3.05) is 23.9 Å². The lowest BCUT2D eigenvalue weighted by Crippen LogP contribution is -2.36. The van der Waals surface area contributed by atoms with Crippen LogP contribution in [-0.2, 0) is 0 Å². The molecule has 0 aliphatic rings. The molecule has 108 valence electrons. The van der Waals surface area contributed by atoms with Gasteiger partial charge in [-0.05, 0) is 38.3 Å². The van der Waals surface area contributed by atoms with Crippen LogP contribution in [0.3, 0.4) is 0 Å². The first-order chi connectivity index (χ1) is 9.50. The summed E-state index contributed by atoms with van der Waals surface area (Å²) in [5.74, 6) is 1.97. The minimum Gasteiger partial charge on any atom is -0.387 e. The van der Waals surface area contributed by atoms with Crippen LogP contribution in [0.4, 0.5) is 5.82 Å². The highest BCUT2D eigenvalue weighted by Crippen LogP contribution is 2.12. The molecule has 0 unspecified atom stereocenters. The average Bonchev–Trinajstić information content (AvgIpc) is 2.84. The highest BCUT2D eigenvalue weighted by molar-refractivity contribution is 7.98. The molecule has 20 heavy (non-hydrogen) atoms. The highest BCUT2D eigenvalue weighted by atomic mass is 32.2. The van der Waals surface area contributed by atoms with Gasteiger partial charge in [-0.3, -0.25) is 0 Å². The van der Waals surface area contributed by atoms with Gasteiger partial charge < -0.3 is 10.4 Å². The van der Waals surface area contributed by atoms with Crippen LogP contribution in [0.1, 0.15) is 12.6 Å². The third kappa shape index (κ3) is 3.94. The minimum atomic E-state index is -0.765. The van der Waals surface area contributed by atoms with E-state index in [1.165, 1.54) is 0 Å². The van der Waals surface area contributed by atoms with Crippen molar-refractivity contribution in [3.8, 4) is 5.82 Å². The molecule has 7 heteroatoms. The Hall–Kier alpha value is -1.60. The number of aliphatic hydroxyl groups is 1. The molecule has 2 rings (SSSR count). The van der Waals surface area contributed by atoms with Gasteiger partial charge in [0.05, 0.1) is 11.3 Å². The molecule has 0 bridgehead atoms. The van der Waals surface area contributed by atoms with E-state index < -0.39 is 5.60 Å². The van der Waals surface area contributed by atoms with Crippen molar-refractivity contribution in [1.82, 2.24) is 20.0 Å². The highest BCUT2D eigenvalue weighted by Gasteiger charge is 2.19. The Morgan fingerprint density at radius 1 is 1.35 bits per heavy atom. The molecule has 0 aromatic carbocycles. The Kier molecular flexibility index (Phi) is 4.61. The molecule has 0 fully saturated rings. The maximum absolute atomic E-state index is 10.1. The quantitative estimate of drug-likeness (QED) is 0.840. The fourth-order valence-electron chi connectivity index (χ4n) is 1.73. The van der Waals surface area contributed by atoms with E-state index in [1.54, 1.807) is 23.4 Å². The number of hydrogen-bond acceptors (Lipinski definition) is 6. The Labute approximate surface area is 122 Å². The molecule has 0 aliphatic heterocycles. The van der Waals surface area contributed by atoms with Crippen LogP contribution in [-0.4, -0.2) is 49.2 Å². The number of nitrogens with one attached hydrogen (secondary N) is 1. The standard InChI is InChI=1S/C13H19N5OS/c1-10-6-7-18(17-10)12-5-4-11(15-16-12)14-8-13(2,19)9-20-3/h4-7,19H,8-9H2,1-3H3,(H,14,15)/t13-/m0/s1. The van der Waals surface area contributed by atoms with Gasteiger partial charge in [0.1, 0.15) is 5.82 Å². The van der Waals surface area contributed by atoms with Crippen LogP contribution < -0.4 is 5.32 Å². The van der Waals surface area contributed by atoms with Gasteiger partial charge in [0.15, 0.2) is 5.82 Å². The predicted octanol–water partition coefficient (Wildman–Crippen LogP) is 1.50. The number of anilines is 1. The van der Waals surface area contributed by atoms with E-state index in [4.69, 9.17) is 0 Å². The molecule has 0 spiro atoms. The largest absolute Gasteiger partial charge is 0.387 e. The summed E-state index contributed by atoms with van der Waals surface area (Å²) in [4.78, 5) is 0. The van der Waals surface area contributed by atoms with Gasteiger partial charge in [-0.2, -0.15) is 16.9 Å². The molecule has 0 aliphatic carbocycles. The summed E-state index contributed by atoms with van der Waals surface area (Å²) in [5.41, 5.74) is 0.167. The van der Waals surface area contributed by atoms with Crippen LogP contribution in [0.2, 0.25) is 0 Å². The fourth-order valence-corrected chi connectivity index (χ4v) is 2.45. The maximum atomic E-state index is 10.1. The van der Waals surface area contributed by atoms with E-state index in [9.17, 15) is 5.11 Å². The number of thioether (sulfide) groups is 1. The number of rotatable bonds is 6. The van der Waals surface area contributed by atoms with Gasteiger partial charge in [0, 0.05) is 18.5 Å². The van der Waals surface area contributed by atoms with Crippen molar-refractivity contribution in [2.45, 2.75) is 19.4 Å². The summed E-state index contributed by atoms with van der Waals surface area (Å²) in [6, 6.07) is 5.58. The topological polar surface area (TPSA) is 75.9 Å². The van der Waals surface area contributed by atoms with Gasteiger partial charge in [-0.1, -0.05) is 0 Å². The second kappa shape index (κ2) is 6.23. The molecular formula is C13H19N5OS. The first kappa shape index (κ1) is 14.8. The number of aromatic nitrogens is 4. The summed E-state index contributed by atoms with van der Waals surface area (Å²) in [6.07, 6.45) is 3.81. The summed E-state index contributed by atoms with van der Waals surface area (Å²) in [7, 11) is 0. The first-order valence-electron chi connectivity index (χ1n) is 6.32. The molecule has 2 N–H and O–H groups in total. The second-order valence-electron chi connectivity index (χ2n) is 4.96. The van der Waals surface area contributed by atoms with E-state index in [0.29, 0.717) is 23.9 Å². The smallest absolute Gasteiger partial charge is 0.175 e. The van der Waals surface area contributed by atoms with Crippen molar-refractivity contribution in [3.63, 3.8) is 0 Å². The lowest BCUT2D eigenvalue weighted by Gasteiger charge is -2.22. The molecule has 0 amide bonds. The molecule has 0 radical (unpaired) electrons. The van der Waals surface area contributed by atoms with Gasteiger partial charge in [-0.15, -0.1) is 10.2 Å². The Morgan fingerprint density at radius 2 is 2.15 bits per heavy atom. The molecular weight excluding hydrogens is 274 g/mol. The zero-order valence-corrected chi connectivity index (χ0v) is 12.7. The lowest BCUT2D eigenvalue weighted by molar-refractivity contribution is 0.0996. The summed E-state index contributed by atoms with van der Waals surface area (Å²) in [6.45, 7) is 4.15. The van der Waals surface area contributed by atoms with Gasteiger partial charge in [0.2, 0.25) is 0 Å². The third-order valence-electron chi connectivity index (χ3n) is 2.71. The van der Waals surface area contributed by atoms with Crippen LogP contribution in [0.5, 0.6) is 0 Å². The predicted molar refractivity (Wildman–Crippen MR) is 81.4 cm³/mol. The third-order valence-corrected chi connectivity index (χ3v) is 3.62. The van der Waals surface area contributed by atoms with Crippen molar-refractivity contribution in [3.05, 3.63) is 30.1 Å². The normalized spacial score (nSPS) is 14.0. The zero-order chi connectivity index (χ0) is 14.6. The van der Waals surface area contributed by atoms with Crippen molar-refractivity contribution in [1.29, 1.82) is 0 Å². The lowest BCUT2D eigenvalue weighted by atomic mass is 10.1. The van der Waals surface area contributed by atoms with Gasteiger partial charge >= 0.3 is 0 Å². The number of aryl methyl sites for hydroxylation is 1. The molecule has 2 aromatic rings. The average molecular weight is 293 g/mol. The van der Waals surface area contributed by atoms with Gasteiger partial charge in [0.25, 0.3) is 0 Å². The van der Waals surface area contributed by atoms with Crippen molar-refractivity contribution < 1.29 is 5.11 Å². The summed E-state index contributed by atoms with van der Waals surface area (Å²) < 4.78 is 1.68. The summed E-state index contributed by atoms with van der Waals surface area (Å²) >= 11 is 1.61. The molecule has 2 heterocycles. The van der Waals surface area contributed by atoms with E-state index in [-0.39, 0.29) is 0 Å². The van der Waals surface area contributed by atoms with E-state index in [1.807, 2.05) is 37.6 Å².